The number of thiophene rings is 1. The molecule has 0 spiro atoms. The third kappa shape index (κ3) is 3.64. The number of halogens is 1. The van der Waals surface area contributed by atoms with Gasteiger partial charge in [-0.2, -0.15) is 9.40 Å². The van der Waals surface area contributed by atoms with Crippen molar-refractivity contribution in [1.82, 2.24) is 24.1 Å². The molecule has 0 radical (unpaired) electrons. The van der Waals surface area contributed by atoms with Crippen molar-refractivity contribution in [1.29, 1.82) is 0 Å². The average Bonchev–Trinajstić information content (AvgIpc) is 3.27. The Morgan fingerprint density at radius 2 is 1.75 bits per heavy atom. The van der Waals surface area contributed by atoms with Gasteiger partial charge in [0.05, 0.1) is 10.0 Å². The van der Waals surface area contributed by atoms with E-state index in [2.05, 4.69) is 20.0 Å². The molecule has 0 bridgehead atoms. The van der Waals surface area contributed by atoms with E-state index in [1.807, 2.05) is 26.0 Å². The normalized spacial score (nSPS) is 15.9. The van der Waals surface area contributed by atoms with Crippen LogP contribution in [0.1, 0.15) is 11.4 Å². The lowest BCUT2D eigenvalue weighted by atomic mass is 10.3. The summed E-state index contributed by atoms with van der Waals surface area (Å²) < 4.78 is 29.5. The lowest BCUT2D eigenvalue weighted by Crippen LogP contribution is -2.48. The van der Waals surface area contributed by atoms with E-state index in [0.717, 1.165) is 28.5 Å². The molecule has 28 heavy (non-hydrogen) atoms. The number of hydrogen-bond donors (Lipinski definition) is 0. The van der Waals surface area contributed by atoms with Crippen LogP contribution in [-0.4, -0.2) is 58.7 Å². The van der Waals surface area contributed by atoms with Crippen LogP contribution in [0, 0.1) is 13.8 Å². The highest BCUT2D eigenvalue weighted by Crippen LogP contribution is 2.29. The summed E-state index contributed by atoms with van der Waals surface area (Å²) in [5.41, 5.74) is 1.91. The first-order valence-electron chi connectivity index (χ1n) is 8.71. The number of aryl methyl sites for hydroxylation is 2. The maximum absolute atomic E-state index is 12.7. The van der Waals surface area contributed by atoms with Crippen molar-refractivity contribution in [2.45, 2.75) is 18.1 Å². The molecule has 0 aromatic carbocycles. The van der Waals surface area contributed by atoms with Gasteiger partial charge in [-0.3, -0.25) is 0 Å². The van der Waals surface area contributed by atoms with Crippen molar-refractivity contribution in [2.24, 2.45) is 0 Å². The quantitative estimate of drug-likeness (QED) is 0.622. The Morgan fingerprint density at radius 1 is 1.04 bits per heavy atom. The third-order valence-corrected chi connectivity index (χ3v) is 8.17. The molecule has 11 heteroatoms. The second-order valence-electron chi connectivity index (χ2n) is 6.52. The van der Waals surface area contributed by atoms with Gasteiger partial charge in [0.1, 0.15) is 16.4 Å². The Morgan fingerprint density at radius 3 is 2.36 bits per heavy atom. The molecule has 4 rings (SSSR count). The number of rotatable bonds is 4. The summed E-state index contributed by atoms with van der Waals surface area (Å²) >= 11 is 6.97. The van der Waals surface area contributed by atoms with Crippen LogP contribution in [0.25, 0.3) is 5.82 Å². The predicted molar refractivity (Wildman–Crippen MR) is 109 cm³/mol. The number of aromatic nitrogens is 4. The molecule has 1 aliphatic rings. The summed E-state index contributed by atoms with van der Waals surface area (Å²) in [7, 11) is -3.51. The summed E-state index contributed by atoms with van der Waals surface area (Å²) in [5.74, 6) is 1.45. The topological polar surface area (TPSA) is 84.2 Å². The predicted octanol–water partition coefficient (Wildman–Crippen LogP) is 2.50. The van der Waals surface area contributed by atoms with Crippen LogP contribution in [-0.2, 0) is 10.0 Å². The van der Waals surface area contributed by atoms with Crippen LogP contribution in [0.2, 0.25) is 4.34 Å². The highest BCUT2D eigenvalue weighted by molar-refractivity contribution is 7.91. The molecule has 0 atom stereocenters. The van der Waals surface area contributed by atoms with Gasteiger partial charge < -0.3 is 4.90 Å². The minimum absolute atomic E-state index is 0.278. The molecule has 3 aromatic rings. The van der Waals surface area contributed by atoms with Gasteiger partial charge in [-0.1, -0.05) is 11.6 Å². The molecule has 0 aliphatic carbocycles. The van der Waals surface area contributed by atoms with E-state index in [1.54, 1.807) is 16.8 Å². The molecular formula is C17H19ClN6O2S2. The molecule has 1 fully saturated rings. The molecule has 0 saturated carbocycles. The van der Waals surface area contributed by atoms with Crippen molar-refractivity contribution >= 4 is 38.8 Å². The van der Waals surface area contributed by atoms with E-state index in [-0.39, 0.29) is 4.21 Å². The fourth-order valence-corrected chi connectivity index (χ4v) is 6.27. The summed E-state index contributed by atoms with van der Waals surface area (Å²) in [4.78, 5) is 10.7. The minimum Gasteiger partial charge on any atom is -0.354 e. The molecule has 1 saturated heterocycles. The standard InChI is InChI=1S/C17H19ClN6O2S2/c1-12-9-13(2)24(21-12)16-10-15(19-11-20-16)22-5-7-23(8-6-22)28(25,26)17-4-3-14(18)27-17/h3-4,9-11H,5-8H2,1-2H3. The van der Waals surface area contributed by atoms with Gasteiger partial charge in [-0.15, -0.1) is 11.3 Å². The smallest absolute Gasteiger partial charge is 0.252 e. The maximum Gasteiger partial charge on any atom is 0.252 e. The van der Waals surface area contributed by atoms with E-state index in [0.29, 0.717) is 36.3 Å². The summed E-state index contributed by atoms with van der Waals surface area (Å²) in [5, 5.41) is 4.46. The molecule has 4 heterocycles. The van der Waals surface area contributed by atoms with Gasteiger partial charge in [-0.05, 0) is 32.0 Å². The molecule has 1 aliphatic heterocycles. The van der Waals surface area contributed by atoms with Gasteiger partial charge >= 0.3 is 0 Å². The Bertz CT molecular complexity index is 1100. The van der Waals surface area contributed by atoms with E-state index in [9.17, 15) is 8.42 Å². The molecule has 148 valence electrons. The fraction of sp³-hybridized carbons (Fsp3) is 0.353. The maximum atomic E-state index is 12.7. The third-order valence-electron chi connectivity index (χ3n) is 4.57. The van der Waals surface area contributed by atoms with Gasteiger partial charge in [0.15, 0.2) is 5.82 Å². The zero-order valence-electron chi connectivity index (χ0n) is 15.4. The molecular weight excluding hydrogens is 420 g/mol. The first kappa shape index (κ1) is 19.3. The summed E-state index contributed by atoms with van der Waals surface area (Å²) in [6.45, 7) is 5.78. The SMILES string of the molecule is Cc1cc(C)n(-c2cc(N3CCN(S(=O)(=O)c4ccc(Cl)s4)CC3)ncn2)n1. The lowest BCUT2D eigenvalue weighted by Gasteiger charge is -2.34. The minimum atomic E-state index is -3.51. The summed E-state index contributed by atoms with van der Waals surface area (Å²) in [6.07, 6.45) is 1.51. The van der Waals surface area contributed by atoms with Crippen molar-refractivity contribution in [3.63, 3.8) is 0 Å². The van der Waals surface area contributed by atoms with Crippen LogP contribution < -0.4 is 4.90 Å². The van der Waals surface area contributed by atoms with Gasteiger partial charge in [-0.25, -0.2) is 23.1 Å². The van der Waals surface area contributed by atoms with Crippen LogP contribution in [0.3, 0.4) is 0 Å². The Balaban J connectivity index is 1.50. The first-order chi connectivity index (χ1) is 13.3. The molecule has 3 aromatic heterocycles. The van der Waals surface area contributed by atoms with Crippen molar-refractivity contribution in [3.8, 4) is 5.82 Å². The summed E-state index contributed by atoms with van der Waals surface area (Å²) in [6, 6.07) is 7.03. The van der Waals surface area contributed by atoms with E-state index in [1.165, 1.54) is 10.6 Å². The van der Waals surface area contributed by atoms with Gasteiger partial charge in [0.2, 0.25) is 0 Å². The number of anilines is 1. The zero-order chi connectivity index (χ0) is 19.9. The Hall–Kier alpha value is -2.01. The number of sulfonamides is 1. The van der Waals surface area contributed by atoms with Crippen LogP contribution >= 0.6 is 22.9 Å². The first-order valence-corrected chi connectivity index (χ1v) is 11.3. The molecule has 8 nitrogen and oxygen atoms in total. The van der Waals surface area contributed by atoms with Crippen LogP contribution in [0.5, 0.6) is 0 Å². The second kappa shape index (κ2) is 7.43. The highest BCUT2D eigenvalue weighted by Gasteiger charge is 2.30. The Kier molecular flexibility index (Phi) is 5.13. The largest absolute Gasteiger partial charge is 0.354 e. The number of piperazine rings is 1. The van der Waals surface area contributed by atoms with E-state index < -0.39 is 10.0 Å². The molecule has 0 unspecified atom stereocenters. The van der Waals surface area contributed by atoms with Gasteiger partial charge in [0, 0.05) is 37.9 Å². The number of nitrogens with zero attached hydrogens (tertiary/aromatic N) is 6. The average molecular weight is 439 g/mol. The molecule has 0 amide bonds. The Labute approximate surface area is 172 Å². The number of hydrogen-bond acceptors (Lipinski definition) is 7. The van der Waals surface area contributed by atoms with E-state index >= 15 is 0 Å². The zero-order valence-corrected chi connectivity index (χ0v) is 17.8. The van der Waals surface area contributed by atoms with E-state index in [4.69, 9.17) is 11.6 Å². The molecule has 0 N–H and O–H groups in total. The van der Waals surface area contributed by atoms with Crippen molar-refractivity contribution in [2.75, 3.05) is 31.1 Å². The van der Waals surface area contributed by atoms with Crippen LogP contribution in [0.15, 0.2) is 34.8 Å². The highest BCUT2D eigenvalue weighted by atomic mass is 35.5. The van der Waals surface area contributed by atoms with Crippen molar-refractivity contribution < 1.29 is 8.42 Å². The second-order valence-corrected chi connectivity index (χ2v) is 10.4. The van der Waals surface area contributed by atoms with Crippen LogP contribution in [0.4, 0.5) is 5.82 Å². The monoisotopic (exact) mass is 438 g/mol. The lowest BCUT2D eigenvalue weighted by molar-refractivity contribution is 0.384. The van der Waals surface area contributed by atoms with Gasteiger partial charge in [0.25, 0.3) is 10.0 Å². The fourth-order valence-electron chi connectivity index (χ4n) is 3.21. The van der Waals surface area contributed by atoms with Crippen molar-refractivity contribution in [3.05, 3.63) is 46.3 Å².